The summed E-state index contributed by atoms with van der Waals surface area (Å²) < 4.78 is 37.7. The summed E-state index contributed by atoms with van der Waals surface area (Å²) in [6.07, 6.45) is 12.8. The van der Waals surface area contributed by atoms with Gasteiger partial charge in [0.1, 0.15) is 29.5 Å². The van der Waals surface area contributed by atoms with E-state index in [2.05, 4.69) is 34.4 Å². The molecule has 10 heteroatoms. The van der Waals surface area contributed by atoms with Gasteiger partial charge in [-0.2, -0.15) is 9.97 Å². The molecule has 4 heterocycles. The number of hydrogen-bond donors (Lipinski definition) is 0. The highest BCUT2D eigenvalue weighted by molar-refractivity contribution is 6.02. The van der Waals surface area contributed by atoms with Crippen LogP contribution in [0.2, 0.25) is 0 Å². The van der Waals surface area contributed by atoms with Crippen LogP contribution in [0.15, 0.2) is 49.2 Å². The molecule has 3 aliphatic rings. The van der Waals surface area contributed by atoms with Crippen molar-refractivity contribution in [3.63, 3.8) is 0 Å². The number of carbonyl (C=O) groups is 1. The Labute approximate surface area is 260 Å². The van der Waals surface area contributed by atoms with Crippen LogP contribution in [0.1, 0.15) is 31.2 Å². The molecule has 7 rings (SSSR count). The fourth-order valence-corrected chi connectivity index (χ4v) is 7.07. The number of benzene rings is 2. The van der Waals surface area contributed by atoms with E-state index in [-0.39, 0.29) is 40.8 Å². The van der Waals surface area contributed by atoms with Crippen LogP contribution in [0.3, 0.4) is 0 Å². The average molecular weight is 609 g/mol. The number of rotatable bonds is 7. The van der Waals surface area contributed by atoms with Crippen molar-refractivity contribution in [2.45, 2.75) is 37.8 Å². The number of carbonyl (C=O) groups excluding carboxylic acids is 1. The van der Waals surface area contributed by atoms with E-state index in [1.54, 1.807) is 35.4 Å². The largest absolute Gasteiger partial charge is 0.462 e. The number of anilines is 1. The van der Waals surface area contributed by atoms with E-state index in [4.69, 9.17) is 16.1 Å². The van der Waals surface area contributed by atoms with Crippen LogP contribution in [0.5, 0.6) is 6.01 Å². The standard InChI is InChI=1S/C35H34F2N6O2/c1-5-24-27(36)11-10-21-8-7-9-25(29(21)24)31-30(37)32-26(17-38-31)33(42(4)22-12-15-43(18-22)28(44)6-2)40-34(39-32)45-19-23-16-35(13-14-35)20-41(23)3/h1,6-11,17,22-23H,2,12-16,18-20H2,3-4H3/t22-,23+/m1/s1. The first kappa shape index (κ1) is 29.1. The lowest BCUT2D eigenvalue weighted by Crippen LogP contribution is -2.36. The molecule has 2 atom stereocenters. The predicted octanol–water partition coefficient (Wildman–Crippen LogP) is 5.19. The molecule has 2 aromatic carbocycles. The molecule has 2 aromatic heterocycles. The van der Waals surface area contributed by atoms with E-state index in [1.807, 2.05) is 11.9 Å². The van der Waals surface area contributed by atoms with E-state index in [9.17, 15) is 9.18 Å². The second-order valence-corrected chi connectivity index (χ2v) is 12.6. The number of likely N-dealkylation sites (N-methyl/N-ethyl adjacent to an activating group) is 2. The van der Waals surface area contributed by atoms with Crippen LogP contribution in [-0.4, -0.2) is 83.1 Å². The molecule has 2 aliphatic heterocycles. The third kappa shape index (κ3) is 5.05. The summed E-state index contributed by atoms with van der Waals surface area (Å²) in [5.74, 6) is 1.50. The number of aromatic nitrogens is 3. The van der Waals surface area contributed by atoms with Gasteiger partial charge < -0.3 is 14.5 Å². The SMILES string of the molecule is C#Cc1c(F)ccc2cccc(-c3ncc4c(N(C)[C@@H]5CCN(C(=O)C=C)C5)nc(OC[C@@H]5CC6(CC6)CN5C)nc4c3F)c12. The van der Waals surface area contributed by atoms with Gasteiger partial charge in [-0.1, -0.05) is 36.8 Å². The number of hydrogen-bond acceptors (Lipinski definition) is 7. The lowest BCUT2D eigenvalue weighted by molar-refractivity contribution is -0.125. The Balaban J connectivity index is 1.32. The number of nitrogens with zero attached hydrogens (tertiary/aromatic N) is 6. The van der Waals surface area contributed by atoms with E-state index < -0.39 is 11.6 Å². The number of halogens is 2. The number of fused-ring (bicyclic) bond motifs is 2. The maximum Gasteiger partial charge on any atom is 0.319 e. The summed E-state index contributed by atoms with van der Waals surface area (Å²) in [4.78, 5) is 32.2. The monoisotopic (exact) mass is 608 g/mol. The summed E-state index contributed by atoms with van der Waals surface area (Å²) in [5, 5.41) is 1.48. The van der Waals surface area contributed by atoms with Gasteiger partial charge in [0.05, 0.1) is 10.9 Å². The van der Waals surface area contributed by atoms with Gasteiger partial charge in [-0.05, 0) is 55.7 Å². The van der Waals surface area contributed by atoms with Gasteiger partial charge in [0.2, 0.25) is 5.91 Å². The predicted molar refractivity (Wildman–Crippen MR) is 170 cm³/mol. The second kappa shape index (κ2) is 11.1. The summed E-state index contributed by atoms with van der Waals surface area (Å²) in [6.45, 7) is 6.09. The Bertz CT molecular complexity index is 1900. The number of likely N-dealkylation sites (tertiary alicyclic amines) is 2. The number of ether oxygens (including phenoxy) is 1. The maximum atomic E-state index is 16.7. The van der Waals surface area contributed by atoms with E-state index in [0.29, 0.717) is 59.1 Å². The lowest BCUT2D eigenvalue weighted by atomic mass is 9.96. The van der Waals surface area contributed by atoms with Gasteiger partial charge >= 0.3 is 6.01 Å². The first-order valence-corrected chi connectivity index (χ1v) is 15.2. The number of pyridine rings is 1. The quantitative estimate of drug-likeness (QED) is 0.211. The topological polar surface area (TPSA) is 74.7 Å². The molecule has 0 N–H and O–H groups in total. The molecule has 2 saturated heterocycles. The average Bonchev–Trinajstić information content (AvgIpc) is 3.47. The minimum Gasteiger partial charge on any atom is -0.462 e. The lowest BCUT2D eigenvalue weighted by Gasteiger charge is -2.27. The van der Waals surface area contributed by atoms with Crippen molar-refractivity contribution >= 4 is 33.4 Å². The van der Waals surface area contributed by atoms with Crippen LogP contribution in [-0.2, 0) is 4.79 Å². The maximum absolute atomic E-state index is 16.7. The van der Waals surface area contributed by atoms with Crippen LogP contribution >= 0.6 is 0 Å². The Morgan fingerprint density at radius 1 is 1.27 bits per heavy atom. The molecule has 1 amide bonds. The smallest absolute Gasteiger partial charge is 0.319 e. The zero-order valence-corrected chi connectivity index (χ0v) is 25.4. The van der Waals surface area contributed by atoms with Crippen molar-refractivity contribution in [2.24, 2.45) is 5.41 Å². The molecule has 0 radical (unpaired) electrons. The van der Waals surface area contributed by atoms with Crippen LogP contribution in [0.25, 0.3) is 32.9 Å². The highest BCUT2D eigenvalue weighted by atomic mass is 19.1. The Morgan fingerprint density at radius 2 is 2.09 bits per heavy atom. The summed E-state index contributed by atoms with van der Waals surface area (Å²) in [6, 6.07) is 8.37. The Kier molecular flexibility index (Phi) is 7.16. The fraction of sp³-hybridized carbons (Fsp3) is 0.371. The minimum atomic E-state index is -0.682. The third-order valence-corrected chi connectivity index (χ3v) is 9.81. The third-order valence-electron chi connectivity index (χ3n) is 9.81. The van der Waals surface area contributed by atoms with E-state index >= 15 is 4.39 Å². The molecule has 45 heavy (non-hydrogen) atoms. The second-order valence-electron chi connectivity index (χ2n) is 12.6. The summed E-state index contributed by atoms with van der Waals surface area (Å²) in [7, 11) is 3.98. The molecule has 0 unspecified atom stereocenters. The normalized spacial score (nSPS) is 20.6. The van der Waals surface area contributed by atoms with Gasteiger partial charge in [0.25, 0.3) is 0 Å². The van der Waals surface area contributed by atoms with Crippen molar-refractivity contribution in [1.29, 1.82) is 0 Å². The molecule has 1 saturated carbocycles. The number of terminal acetylenes is 1. The summed E-state index contributed by atoms with van der Waals surface area (Å²) in [5.41, 5.74) is 0.857. The van der Waals surface area contributed by atoms with Gasteiger partial charge in [-0.15, -0.1) is 6.42 Å². The van der Waals surface area contributed by atoms with Gasteiger partial charge in [-0.25, -0.2) is 8.78 Å². The van der Waals surface area contributed by atoms with Crippen molar-refractivity contribution in [3.05, 3.63) is 66.4 Å². The van der Waals surface area contributed by atoms with Crippen LogP contribution in [0, 0.1) is 29.4 Å². The molecule has 230 valence electrons. The highest BCUT2D eigenvalue weighted by Crippen LogP contribution is 2.54. The first-order valence-electron chi connectivity index (χ1n) is 15.2. The van der Waals surface area contributed by atoms with Gasteiger partial charge in [0, 0.05) is 55.9 Å². The van der Waals surface area contributed by atoms with Crippen LogP contribution in [0.4, 0.5) is 14.6 Å². The Hall–Kier alpha value is -4.62. The molecule has 3 fully saturated rings. The van der Waals surface area contributed by atoms with Crippen LogP contribution < -0.4 is 9.64 Å². The molecule has 1 aliphatic carbocycles. The van der Waals surface area contributed by atoms with Crippen molar-refractivity contribution < 1.29 is 18.3 Å². The Morgan fingerprint density at radius 3 is 2.82 bits per heavy atom. The minimum absolute atomic E-state index is 0.00303. The summed E-state index contributed by atoms with van der Waals surface area (Å²) >= 11 is 0. The molecule has 8 nitrogen and oxygen atoms in total. The highest BCUT2D eigenvalue weighted by Gasteiger charge is 2.50. The van der Waals surface area contributed by atoms with E-state index in [0.717, 1.165) is 13.0 Å². The molecule has 1 spiro atoms. The number of amides is 1. The van der Waals surface area contributed by atoms with Crippen molar-refractivity contribution in [3.8, 4) is 29.6 Å². The van der Waals surface area contributed by atoms with Gasteiger partial charge in [0.15, 0.2) is 5.82 Å². The molecular formula is C35H34F2N6O2. The van der Waals surface area contributed by atoms with E-state index in [1.165, 1.54) is 25.0 Å². The van der Waals surface area contributed by atoms with Crippen molar-refractivity contribution in [2.75, 3.05) is 45.2 Å². The molecule has 0 bridgehead atoms. The first-order chi connectivity index (χ1) is 21.7. The molecule has 4 aromatic rings. The zero-order valence-electron chi connectivity index (χ0n) is 25.4. The zero-order chi connectivity index (χ0) is 31.5. The fourth-order valence-electron chi connectivity index (χ4n) is 7.07. The van der Waals surface area contributed by atoms with Crippen molar-refractivity contribution in [1.82, 2.24) is 24.8 Å². The van der Waals surface area contributed by atoms with Gasteiger partial charge in [-0.3, -0.25) is 14.7 Å². The molecular weight excluding hydrogens is 574 g/mol.